The van der Waals surface area contributed by atoms with E-state index in [4.69, 9.17) is 4.74 Å². The maximum Gasteiger partial charge on any atom is 0.255 e. The van der Waals surface area contributed by atoms with Crippen LogP contribution in [-0.2, 0) is 19.6 Å². The van der Waals surface area contributed by atoms with E-state index in [9.17, 15) is 4.79 Å². The number of hydrogen-bond acceptors (Lipinski definition) is 3. The molecule has 0 spiro atoms. The summed E-state index contributed by atoms with van der Waals surface area (Å²) in [6.07, 6.45) is 1.00. The first-order valence-corrected chi connectivity index (χ1v) is 11.6. The van der Waals surface area contributed by atoms with E-state index in [1.54, 1.807) is 0 Å². The molecule has 1 amide bonds. The van der Waals surface area contributed by atoms with Crippen LogP contribution in [0.2, 0.25) is 0 Å². The van der Waals surface area contributed by atoms with E-state index in [0.29, 0.717) is 18.7 Å². The lowest BCUT2D eigenvalue weighted by atomic mass is 10.1. The first-order valence-electron chi connectivity index (χ1n) is 11.6. The van der Waals surface area contributed by atoms with E-state index in [1.807, 2.05) is 67.1 Å². The van der Waals surface area contributed by atoms with Crippen molar-refractivity contribution in [3.8, 4) is 5.75 Å². The first kappa shape index (κ1) is 23.3. The van der Waals surface area contributed by atoms with Gasteiger partial charge in [-0.05, 0) is 73.7 Å². The van der Waals surface area contributed by atoms with Gasteiger partial charge < -0.3 is 10.1 Å². The number of aryl methyl sites for hydroxylation is 3. The molecule has 5 nitrogen and oxygen atoms in total. The Labute approximate surface area is 201 Å². The summed E-state index contributed by atoms with van der Waals surface area (Å²) in [6.45, 7) is 9.21. The highest BCUT2D eigenvalue weighted by molar-refractivity contribution is 6.05. The summed E-state index contributed by atoms with van der Waals surface area (Å²) >= 11 is 0. The van der Waals surface area contributed by atoms with Crippen molar-refractivity contribution in [3.63, 3.8) is 0 Å². The van der Waals surface area contributed by atoms with Crippen molar-refractivity contribution >= 4 is 11.6 Å². The van der Waals surface area contributed by atoms with E-state index in [-0.39, 0.29) is 5.91 Å². The second kappa shape index (κ2) is 10.4. The number of rotatable bonds is 8. The SMILES string of the molecule is CCc1ccc(OCc2cccc(C(=O)Nc3c(C)nn(Cc4ccccc4C)c3C)c2)cc1. The number of anilines is 1. The molecule has 0 atom stereocenters. The van der Waals surface area contributed by atoms with Crippen LogP contribution >= 0.6 is 0 Å². The minimum absolute atomic E-state index is 0.157. The molecule has 0 unspecified atom stereocenters. The zero-order chi connectivity index (χ0) is 24.1. The molecule has 4 aromatic rings. The van der Waals surface area contributed by atoms with Gasteiger partial charge in [0.05, 0.1) is 23.6 Å². The normalized spacial score (nSPS) is 10.8. The number of nitrogens with one attached hydrogen (secondary N) is 1. The van der Waals surface area contributed by atoms with Gasteiger partial charge >= 0.3 is 0 Å². The van der Waals surface area contributed by atoms with Crippen molar-refractivity contribution < 1.29 is 9.53 Å². The van der Waals surface area contributed by atoms with Crippen molar-refractivity contribution in [3.05, 3.63) is 112 Å². The van der Waals surface area contributed by atoms with E-state index < -0.39 is 0 Å². The summed E-state index contributed by atoms with van der Waals surface area (Å²) in [5.41, 5.74) is 7.74. The fourth-order valence-corrected chi connectivity index (χ4v) is 3.96. The van der Waals surface area contributed by atoms with Crippen molar-refractivity contribution in [2.24, 2.45) is 0 Å². The van der Waals surface area contributed by atoms with Crippen LogP contribution in [0.1, 0.15) is 50.9 Å². The minimum Gasteiger partial charge on any atom is -0.489 e. The highest BCUT2D eigenvalue weighted by Crippen LogP contribution is 2.22. The molecule has 0 radical (unpaired) electrons. The van der Waals surface area contributed by atoms with Crippen LogP contribution in [0.3, 0.4) is 0 Å². The first-order chi connectivity index (χ1) is 16.4. The smallest absolute Gasteiger partial charge is 0.255 e. The number of carbonyl (C=O) groups excluding carboxylic acids is 1. The fraction of sp³-hybridized carbons (Fsp3) is 0.241. The predicted molar refractivity (Wildman–Crippen MR) is 137 cm³/mol. The van der Waals surface area contributed by atoms with Gasteiger partial charge in [0, 0.05) is 5.56 Å². The van der Waals surface area contributed by atoms with Gasteiger partial charge in [0.15, 0.2) is 0 Å². The lowest BCUT2D eigenvalue weighted by molar-refractivity contribution is 0.102. The number of nitrogens with zero attached hydrogens (tertiary/aromatic N) is 2. The molecule has 0 fully saturated rings. The van der Waals surface area contributed by atoms with E-state index in [2.05, 4.69) is 48.5 Å². The molecule has 0 saturated heterocycles. The third kappa shape index (κ3) is 5.37. The van der Waals surface area contributed by atoms with E-state index in [1.165, 1.54) is 16.7 Å². The lowest BCUT2D eigenvalue weighted by Crippen LogP contribution is -2.14. The van der Waals surface area contributed by atoms with E-state index >= 15 is 0 Å². The van der Waals surface area contributed by atoms with Crippen LogP contribution in [-0.4, -0.2) is 15.7 Å². The van der Waals surface area contributed by atoms with Crippen LogP contribution in [0.15, 0.2) is 72.8 Å². The van der Waals surface area contributed by atoms with Gasteiger partial charge in [-0.15, -0.1) is 0 Å². The molecule has 1 aromatic heterocycles. The van der Waals surface area contributed by atoms with Gasteiger partial charge in [-0.25, -0.2) is 0 Å². The summed E-state index contributed by atoms with van der Waals surface area (Å²) in [5.74, 6) is 0.662. The van der Waals surface area contributed by atoms with Gasteiger partial charge in [-0.1, -0.05) is 55.5 Å². The highest BCUT2D eigenvalue weighted by Gasteiger charge is 2.16. The van der Waals surface area contributed by atoms with Gasteiger partial charge in [-0.3, -0.25) is 9.48 Å². The predicted octanol–water partition coefficient (Wildman–Crippen LogP) is 6.25. The zero-order valence-corrected chi connectivity index (χ0v) is 20.3. The Bertz CT molecular complexity index is 1290. The van der Waals surface area contributed by atoms with Crippen LogP contribution in [0.5, 0.6) is 5.75 Å². The molecular formula is C29H31N3O2. The molecule has 0 aliphatic carbocycles. The molecule has 1 N–H and O–H groups in total. The second-order valence-electron chi connectivity index (χ2n) is 8.57. The topological polar surface area (TPSA) is 56.1 Å². The average molecular weight is 454 g/mol. The van der Waals surface area contributed by atoms with Crippen molar-refractivity contribution in [2.45, 2.75) is 47.3 Å². The minimum atomic E-state index is -0.157. The lowest BCUT2D eigenvalue weighted by Gasteiger charge is -2.10. The van der Waals surface area contributed by atoms with Gasteiger partial charge in [0.25, 0.3) is 5.91 Å². The Morgan fingerprint density at radius 2 is 1.71 bits per heavy atom. The average Bonchev–Trinajstić information content (AvgIpc) is 3.12. The molecule has 3 aromatic carbocycles. The highest BCUT2D eigenvalue weighted by atomic mass is 16.5. The molecule has 5 heteroatoms. The molecule has 34 heavy (non-hydrogen) atoms. The number of ether oxygens (including phenoxy) is 1. The summed E-state index contributed by atoms with van der Waals surface area (Å²) in [4.78, 5) is 13.0. The third-order valence-electron chi connectivity index (χ3n) is 6.13. The molecule has 0 aliphatic heterocycles. The molecule has 0 saturated carbocycles. The van der Waals surface area contributed by atoms with Crippen molar-refractivity contribution in [1.82, 2.24) is 9.78 Å². The Morgan fingerprint density at radius 3 is 2.44 bits per heavy atom. The van der Waals surface area contributed by atoms with Gasteiger partial charge in [-0.2, -0.15) is 5.10 Å². The third-order valence-corrected chi connectivity index (χ3v) is 6.13. The quantitative estimate of drug-likeness (QED) is 0.343. The summed E-state index contributed by atoms with van der Waals surface area (Å²) in [6, 6.07) is 23.9. The molecule has 174 valence electrons. The maximum atomic E-state index is 13.0. The number of carbonyl (C=O) groups is 1. The van der Waals surface area contributed by atoms with Crippen molar-refractivity contribution in [2.75, 3.05) is 5.32 Å². The Hall–Kier alpha value is -3.86. The zero-order valence-electron chi connectivity index (χ0n) is 20.3. The fourth-order valence-electron chi connectivity index (χ4n) is 3.96. The van der Waals surface area contributed by atoms with Crippen molar-refractivity contribution in [1.29, 1.82) is 0 Å². The van der Waals surface area contributed by atoms with Crippen LogP contribution in [0.4, 0.5) is 5.69 Å². The second-order valence-corrected chi connectivity index (χ2v) is 8.57. The summed E-state index contributed by atoms with van der Waals surface area (Å²) in [7, 11) is 0. The molecular weight excluding hydrogens is 422 g/mol. The molecule has 1 heterocycles. The number of aromatic nitrogens is 2. The van der Waals surface area contributed by atoms with Gasteiger partial charge in [0.2, 0.25) is 0 Å². The maximum absolute atomic E-state index is 13.0. The summed E-state index contributed by atoms with van der Waals surface area (Å²) in [5, 5.41) is 7.73. The molecule has 4 rings (SSSR count). The summed E-state index contributed by atoms with van der Waals surface area (Å²) < 4.78 is 7.85. The van der Waals surface area contributed by atoms with Crippen LogP contribution < -0.4 is 10.1 Å². The number of amides is 1. The Morgan fingerprint density at radius 1 is 0.941 bits per heavy atom. The van der Waals surface area contributed by atoms with Crippen LogP contribution in [0, 0.1) is 20.8 Å². The van der Waals surface area contributed by atoms with Gasteiger partial charge in [0.1, 0.15) is 12.4 Å². The Balaban J connectivity index is 1.44. The number of benzene rings is 3. The molecule has 0 aliphatic rings. The standard InChI is InChI=1S/C29H31N3O2/c1-5-23-13-15-27(16-14-23)34-19-24-10-8-12-25(17-24)29(33)30-28-21(3)31-32(22(28)4)18-26-11-7-6-9-20(26)2/h6-17H,5,18-19H2,1-4H3,(H,30,33). The Kier molecular flexibility index (Phi) is 7.12. The molecule has 0 bridgehead atoms. The number of hydrogen-bond donors (Lipinski definition) is 1. The monoisotopic (exact) mass is 453 g/mol. The van der Waals surface area contributed by atoms with E-state index in [0.717, 1.165) is 34.8 Å². The van der Waals surface area contributed by atoms with Crippen LogP contribution in [0.25, 0.3) is 0 Å². The largest absolute Gasteiger partial charge is 0.489 e.